The van der Waals surface area contributed by atoms with E-state index in [1.54, 1.807) is 12.1 Å². The van der Waals surface area contributed by atoms with Gasteiger partial charge in [-0.3, -0.25) is 0 Å². The Morgan fingerprint density at radius 2 is 1.17 bits per heavy atom. The molecule has 0 atom stereocenters. The number of para-hydroxylation sites is 1. The summed E-state index contributed by atoms with van der Waals surface area (Å²) in [6.45, 7) is 0. The number of benzene rings is 2. The number of fused-ring (bicyclic) bond motifs is 3. The van der Waals surface area contributed by atoms with Crippen LogP contribution in [0.4, 0.5) is 35.1 Å². The van der Waals surface area contributed by atoms with E-state index in [0.717, 1.165) is 0 Å². The zero-order chi connectivity index (χ0) is 20.5. The summed E-state index contributed by atoms with van der Waals surface area (Å²) in [5.41, 5.74) is -2.96. The Labute approximate surface area is 171 Å². The summed E-state index contributed by atoms with van der Waals surface area (Å²) in [6, 6.07) is 11.6. The van der Waals surface area contributed by atoms with Crippen LogP contribution in [-0.4, -0.2) is 28.7 Å². The normalized spacial score (nSPS) is 21.4. The van der Waals surface area contributed by atoms with E-state index >= 15 is 0 Å². The minimum Gasteiger partial charge on any atom is -0.343 e. The number of nitrogens with zero attached hydrogens (tertiary/aromatic N) is 1. The topological polar surface area (TPSA) is 12.9 Å². The van der Waals surface area contributed by atoms with Crippen molar-refractivity contribution < 1.29 is 55.2 Å². The second-order valence-electron chi connectivity index (χ2n) is 6.32. The smallest absolute Gasteiger partial charge is 0.343 e. The second kappa shape index (κ2) is 6.47. The average molecular weight is 594 g/mol. The Kier molecular flexibility index (Phi) is 4.83. The third kappa shape index (κ3) is 2.72. The third-order valence-corrected chi connectivity index (χ3v) is 4.62. The maximum Gasteiger partial charge on any atom is 0.378 e. The molecule has 2 aromatic carbocycles. The fourth-order valence-corrected chi connectivity index (χ4v) is 3.17. The Morgan fingerprint density at radius 1 is 0.655 bits per heavy atom. The summed E-state index contributed by atoms with van der Waals surface area (Å²) in [5.74, 6) is -23.9. The molecule has 0 saturated heterocycles. The summed E-state index contributed by atoms with van der Waals surface area (Å²) in [6.07, 6.45) is 0.643. The van der Waals surface area contributed by atoms with Crippen molar-refractivity contribution in [1.29, 1.82) is 0 Å². The van der Waals surface area contributed by atoms with Gasteiger partial charge in [-0.2, -0.15) is 32.4 Å². The predicted molar refractivity (Wildman–Crippen MR) is 85.7 cm³/mol. The van der Waals surface area contributed by atoms with Gasteiger partial charge in [0, 0.05) is 25.5 Å². The zero-order valence-corrected chi connectivity index (χ0v) is 16.3. The van der Waals surface area contributed by atoms with Gasteiger partial charge in [-0.05, 0) is 11.5 Å². The summed E-state index contributed by atoms with van der Waals surface area (Å²) in [7, 11) is 0. The van der Waals surface area contributed by atoms with Crippen molar-refractivity contribution in [2.45, 2.75) is 23.7 Å². The molecule has 155 valence electrons. The molecule has 4 rings (SSSR count). The van der Waals surface area contributed by atoms with Crippen molar-refractivity contribution in [2.24, 2.45) is 0 Å². The minimum atomic E-state index is -6.35. The van der Waals surface area contributed by atoms with Gasteiger partial charge in [-0.25, -0.2) is 8.78 Å². The van der Waals surface area contributed by atoms with E-state index in [1.807, 2.05) is 0 Å². The quantitative estimate of drug-likeness (QED) is 0.188. The van der Waals surface area contributed by atoms with Crippen LogP contribution in [0.25, 0.3) is 27.2 Å². The van der Waals surface area contributed by atoms with Crippen LogP contribution < -0.4 is 0 Å². The largest absolute Gasteiger partial charge is 0.378 e. The first-order valence-electron chi connectivity index (χ1n) is 7.86. The molecule has 0 amide bonds. The number of alkyl halides is 8. The molecule has 0 saturated carbocycles. The van der Waals surface area contributed by atoms with Gasteiger partial charge in [0.1, 0.15) is 0 Å². The van der Waals surface area contributed by atoms with E-state index in [0.29, 0.717) is 11.5 Å². The average Bonchev–Trinajstić information content (AvgIpc) is 2.64. The van der Waals surface area contributed by atoms with Gasteiger partial charge in [-0.15, -0.1) is 5.57 Å². The van der Waals surface area contributed by atoms with Crippen molar-refractivity contribution >= 4 is 27.2 Å². The van der Waals surface area contributed by atoms with Gasteiger partial charge in [0.15, 0.2) is 0 Å². The van der Waals surface area contributed by atoms with Gasteiger partial charge >= 0.3 is 17.8 Å². The fraction of sp³-hybridized carbons (Fsp3) is 0.211. The molecule has 0 aliphatic heterocycles. The van der Waals surface area contributed by atoms with Crippen molar-refractivity contribution in [2.75, 3.05) is 0 Å². The maximum atomic E-state index is 14.4. The molecule has 0 fully saturated rings. The van der Waals surface area contributed by atoms with Crippen LogP contribution in [0.2, 0.25) is 0 Å². The Hall–Kier alpha value is -2.06. The van der Waals surface area contributed by atoms with Crippen LogP contribution in [0.1, 0.15) is 5.69 Å². The molecule has 0 spiro atoms. The zero-order valence-electron chi connectivity index (χ0n) is 13.9. The molecule has 1 radical (unpaired) electrons. The number of halogens is 8. The van der Waals surface area contributed by atoms with Gasteiger partial charge in [0.2, 0.25) is 0 Å². The fourth-order valence-electron chi connectivity index (χ4n) is 3.17. The number of rotatable bonds is 1. The molecular weight excluding hydrogens is 586 g/mol. The summed E-state index contributed by atoms with van der Waals surface area (Å²) >= 11 is 0. The van der Waals surface area contributed by atoms with E-state index < -0.39 is 35.0 Å². The van der Waals surface area contributed by atoms with Crippen molar-refractivity contribution in [1.82, 2.24) is 4.98 Å². The number of pyridine rings is 1. The molecular formula is C19H8F8IrN-. The van der Waals surface area contributed by atoms with Crippen LogP contribution in [0.5, 0.6) is 0 Å². The van der Waals surface area contributed by atoms with Crippen LogP contribution in [0.15, 0.2) is 48.5 Å². The monoisotopic (exact) mass is 595 g/mol. The molecule has 0 bridgehead atoms. The first kappa shape index (κ1) is 21.6. The molecule has 3 aromatic rings. The summed E-state index contributed by atoms with van der Waals surface area (Å²) < 4.78 is 111. The molecule has 0 unspecified atom stereocenters. The van der Waals surface area contributed by atoms with E-state index in [2.05, 4.69) is 4.98 Å². The van der Waals surface area contributed by atoms with Gasteiger partial charge in [0.25, 0.3) is 5.92 Å². The van der Waals surface area contributed by atoms with Crippen LogP contribution in [-0.2, 0) is 20.1 Å². The van der Waals surface area contributed by atoms with Crippen molar-refractivity contribution in [3.8, 4) is 0 Å². The standard InChI is InChI=1S/C19H8F8N.Ir/c20-16(21)9-13(17(22,23)19(26,27)18(16,24)25)15-12-7-2-1-5-10(12)11-6-3-4-8-14(11)28-15;/h1-8H;/q-1;. The molecule has 1 heterocycles. The second-order valence-corrected chi connectivity index (χ2v) is 6.32. The molecule has 0 N–H and O–H groups in total. The van der Waals surface area contributed by atoms with Crippen molar-refractivity contribution in [3.63, 3.8) is 0 Å². The van der Waals surface area contributed by atoms with E-state index in [4.69, 9.17) is 0 Å². The number of aromatic nitrogens is 1. The van der Waals surface area contributed by atoms with Crippen LogP contribution >= 0.6 is 0 Å². The Bertz CT molecular complexity index is 1140. The number of hydrogen-bond acceptors (Lipinski definition) is 1. The SMILES string of the molecule is FC1(F)[C-]=C(c2nc3ccccc3c3ccccc23)C(F)(F)C(F)(F)C1(F)F.[Ir]. The first-order valence-corrected chi connectivity index (χ1v) is 7.86. The molecule has 29 heavy (non-hydrogen) atoms. The van der Waals surface area contributed by atoms with E-state index in [9.17, 15) is 35.1 Å². The molecule has 1 aliphatic rings. The van der Waals surface area contributed by atoms with Gasteiger partial charge < -0.3 is 4.98 Å². The third-order valence-electron chi connectivity index (χ3n) is 4.62. The van der Waals surface area contributed by atoms with E-state index in [-0.39, 0.29) is 36.4 Å². The van der Waals surface area contributed by atoms with Gasteiger partial charge in [0.05, 0.1) is 5.52 Å². The molecule has 1 aliphatic carbocycles. The molecule has 1 aromatic heterocycles. The van der Waals surface area contributed by atoms with E-state index in [1.165, 1.54) is 36.4 Å². The summed E-state index contributed by atoms with van der Waals surface area (Å²) in [4.78, 5) is 3.81. The van der Waals surface area contributed by atoms with Crippen LogP contribution in [0.3, 0.4) is 0 Å². The number of allylic oxidation sites excluding steroid dienone is 2. The molecule has 10 heteroatoms. The van der Waals surface area contributed by atoms with Crippen molar-refractivity contribution in [3.05, 3.63) is 60.3 Å². The van der Waals surface area contributed by atoms with Gasteiger partial charge in [-0.1, -0.05) is 53.5 Å². The maximum absolute atomic E-state index is 14.4. The number of hydrogen-bond donors (Lipinski definition) is 0. The molecule has 1 nitrogen and oxygen atoms in total. The van der Waals surface area contributed by atoms with Crippen LogP contribution in [0, 0.1) is 6.08 Å². The minimum absolute atomic E-state index is 0. The first-order chi connectivity index (χ1) is 12.9. The Balaban J connectivity index is 0.00000240. The Morgan fingerprint density at radius 3 is 1.79 bits per heavy atom. The predicted octanol–water partition coefficient (Wildman–Crippen LogP) is 6.13. The summed E-state index contributed by atoms with van der Waals surface area (Å²) in [5, 5.41) is 0.544.